The van der Waals surface area contributed by atoms with Crippen LogP contribution in [0.3, 0.4) is 0 Å². The number of nitrogens with zero attached hydrogens (tertiary/aromatic N) is 4. The number of aromatic nitrogens is 4. The van der Waals surface area contributed by atoms with Crippen molar-refractivity contribution in [3.63, 3.8) is 0 Å². The number of carbonyl (C=O) groups excluding carboxylic acids is 2. The Morgan fingerprint density at radius 1 is 0.900 bits per heavy atom. The van der Waals surface area contributed by atoms with E-state index in [9.17, 15) is 14.0 Å². The first-order valence-corrected chi connectivity index (χ1v) is 9.12. The summed E-state index contributed by atoms with van der Waals surface area (Å²) in [6, 6.07) is 21.3. The van der Waals surface area contributed by atoms with Crippen molar-refractivity contribution in [2.75, 3.05) is 5.32 Å². The van der Waals surface area contributed by atoms with E-state index < -0.39 is 5.91 Å². The summed E-state index contributed by atoms with van der Waals surface area (Å²) in [6.07, 6.45) is 0. The Bertz CT molecular complexity index is 1190. The number of nitrogens with one attached hydrogen (secondary N) is 1. The SMILES string of the molecule is O=C(Cn1nnc(-c2ccc(F)cc2)n1)Nc1ccccc1C(=O)c1ccccc1. The topological polar surface area (TPSA) is 89.8 Å². The minimum Gasteiger partial charge on any atom is -0.324 e. The zero-order valence-electron chi connectivity index (χ0n) is 15.7. The zero-order valence-corrected chi connectivity index (χ0v) is 15.7. The number of benzene rings is 3. The molecule has 0 unspecified atom stereocenters. The molecule has 30 heavy (non-hydrogen) atoms. The molecule has 0 fully saturated rings. The normalized spacial score (nSPS) is 10.6. The van der Waals surface area contributed by atoms with E-state index in [0.29, 0.717) is 22.4 Å². The monoisotopic (exact) mass is 401 g/mol. The maximum atomic E-state index is 13.0. The fraction of sp³-hybridized carbons (Fsp3) is 0.0455. The Balaban J connectivity index is 1.48. The van der Waals surface area contributed by atoms with Gasteiger partial charge in [0.2, 0.25) is 11.7 Å². The number of amides is 1. The molecule has 8 heteroatoms. The molecule has 0 aliphatic carbocycles. The number of carbonyl (C=O) groups is 2. The lowest BCUT2D eigenvalue weighted by Gasteiger charge is -2.10. The van der Waals surface area contributed by atoms with E-state index in [4.69, 9.17) is 0 Å². The highest BCUT2D eigenvalue weighted by molar-refractivity contribution is 6.13. The predicted molar refractivity (Wildman–Crippen MR) is 108 cm³/mol. The van der Waals surface area contributed by atoms with Crippen molar-refractivity contribution in [3.8, 4) is 11.4 Å². The van der Waals surface area contributed by atoms with Crippen molar-refractivity contribution in [1.29, 1.82) is 0 Å². The van der Waals surface area contributed by atoms with Gasteiger partial charge in [-0.25, -0.2) is 4.39 Å². The van der Waals surface area contributed by atoms with E-state index >= 15 is 0 Å². The first-order valence-electron chi connectivity index (χ1n) is 9.12. The van der Waals surface area contributed by atoms with Gasteiger partial charge in [0.1, 0.15) is 12.4 Å². The van der Waals surface area contributed by atoms with Crippen LogP contribution in [0.1, 0.15) is 15.9 Å². The summed E-state index contributed by atoms with van der Waals surface area (Å²) in [6.45, 7) is -0.192. The first kappa shape index (κ1) is 19.1. The third-order valence-corrected chi connectivity index (χ3v) is 4.32. The summed E-state index contributed by atoms with van der Waals surface area (Å²) in [4.78, 5) is 26.4. The molecule has 148 valence electrons. The quantitative estimate of drug-likeness (QED) is 0.501. The lowest BCUT2D eigenvalue weighted by Crippen LogP contribution is -2.21. The standard InChI is InChI=1S/C22H16FN5O2/c23-17-12-10-16(11-13-17)22-25-27-28(26-22)14-20(29)24-19-9-5-4-8-18(19)21(30)15-6-2-1-3-7-15/h1-13H,14H2,(H,24,29). The first-order chi connectivity index (χ1) is 14.6. The van der Waals surface area contributed by atoms with E-state index in [1.54, 1.807) is 48.5 Å². The number of rotatable bonds is 6. The van der Waals surface area contributed by atoms with Crippen molar-refractivity contribution in [3.05, 3.63) is 95.8 Å². The molecule has 7 nitrogen and oxygen atoms in total. The van der Waals surface area contributed by atoms with Crippen LogP contribution < -0.4 is 5.32 Å². The molecule has 0 aliphatic rings. The largest absolute Gasteiger partial charge is 0.324 e. The van der Waals surface area contributed by atoms with Gasteiger partial charge < -0.3 is 5.32 Å². The van der Waals surface area contributed by atoms with Crippen LogP contribution in [0.15, 0.2) is 78.9 Å². The van der Waals surface area contributed by atoms with E-state index in [2.05, 4.69) is 20.7 Å². The second kappa shape index (κ2) is 8.44. The van der Waals surface area contributed by atoms with E-state index in [0.717, 1.165) is 4.80 Å². The van der Waals surface area contributed by atoms with Crippen LogP contribution in [0, 0.1) is 5.82 Å². The number of ketones is 1. The number of hydrogen-bond donors (Lipinski definition) is 1. The molecule has 1 heterocycles. The zero-order chi connectivity index (χ0) is 20.9. The molecule has 1 N–H and O–H groups in total. The molecule has 1 aromatic heterocycles. The van der Waals surface area contributed by atoms with Gasteiger partial charge in [-0.05, 0) is 41.6 Å². The molecule has 0 radical (unpaired) electrons. The lowest BCUT2D eigenvalue weighted by molar-refractivity contribution is -0.117. The minimum absolute atomic E-state index is 0.191. The van der Waals surface area contributed by atoms with Gasteiger partial charge in [-0.1, -0.05) is 42.5 Å². The highest BCUT2D eigenvalue weighted by atomic mass is 19.1. The second-order valence-corrected chi connectivity index (χ2v) is 6.44. The fourth-order valence-corrected chi connectivity index (χ4v) is 2.88. The number of hydrogen-bond acceptors (Lipinski definition) is 5. The van der Waals surface area contributed by atoms with Gasteiger partial charge in [0, 0.05) is 16.7 Å². The molecule has 3 aromatic carbocycles. The summed E-state index contributed by atoms with van der Waals surface area (Å²) in [5, 5.41) is 14.6. The van der Waals surface area contributed by atoms with Crippen LogP contribution in [-0.4, -0.2) is 31.9 Å². The van der Waals surface area contributed by atoms with Crippen molar-refractivity contribution in [1.82, 2.24) is 20.2 Å². The van der Waals surface area contributed by atoms with Crippen LogP contribution in [0.5, 0.6) is 0 Å². The molecule has 0 aliphatic heterocycles. The number of halogens is 1. The number of para-hydroxylation sites is 1. The molecule has 0 bridgehead atoms. The van der Waals surface area contributed by atoms with Crippen molar-refractivity contribution in [2.45, 2.75) is 6.54 Å². The summed E-state index contributed by atoms with van der Waals surface area (Å²) in [7, 11) is 0. The highest BCUT2D eigenvalue weighted by Crippen LogP contribution is 2.19. The maximum Gasteiger partial charge on any atom is 0.248 e. The average molecular weight is 401 g/mol. The third-order valence-electron chi connectivity index (χ3n) is 4.32. The molecule has 4 aromatic rings. The van der Waals surface area contributed by atoms with Gasteiger partial charge in [-0.2, -0.15) is 4.80 Å². The number of tetrazole rings is 1. The van der Waals surface area contributed by atoms with Crippen molar-refractivity contribution >= 4 is 17.4 Å². The van der Waals surface area contributed by atoms with E-state index in [1.165, 1.54) is 24.3 Å². The molecule has 0 saturated carbocycles. The Hall–Kier alpha value is -4.20. The van der Waals surface area contributed by atoms with Gasteiger partial charge in [-0.15, -0.1) is 10.2 Å². The summed E-state index contributed by atoms with van der Waals surface area (Å²) in [5.41, 5.74) is 1.90. The molecule has 0 saturated heterocycles. The van der Waals surface area contributed by atoms with Gasteiger partial charge >= 0.3 is 0 Å². The minimum atomic E-state index is -0.411. The summed E-state index contributed by atoms with van der Waals surface area (Å²) >= 11 is 0. The highest BCUT2D eigenvalue weighted by Gasteiger charge is 2.16. The Kier molecular flexibility index (Phi) is 5.38. The van der Waals surface area contributed by atoms with E-state index in [1.807, 2.05) is 6.07 Å². The summed E-state index contributed by atoms with van der Waals surface area (Å²) < 4.78 is 13.0. The van der Waals surface area contributed by atoms with Crippen molar-refractivity contribution < 1.29 is 14.0 Å². The number of anilines is 1. The Morgan fingerprint density at radius 2 is 1.60 bits per heavy atom. The Labute approximate surface area is 171 Å². The molecule has 4 rings (SSSR count). The van der Waals surface area contributed by atoms with Gasteiger partial charge in [0.25, 0.3) is 0 Å². The maximum absolute atomic E-state index is 13.0. The molecular weight excluding hydrogens is 385 g/mol. The lowest BCUT2D eigenvalue weighted by atomic mass is 10.0. The molecule has 0 atom stereocenters. The van der Waals surface area contributed by atoms with Gasteiger partial charge in [0.15, 0.2) is 5.78 Å². The van der Waals surface area contributed by atoms with Crippen molar-refractivity contribution in [2.24, 2.45) is 0 Å². The van der Waals surface area contributed by atoms with Crippen LogP contribution >= 0.6 is 0 Å². The van der Waals surface area contributed by atoms with E-state index in [-0.39, 0.29) is 24.0 Å². The molecule has 1 amide bonds. The second-order valence-electron chi connectivity index (χ2n) is 6.44. The fourth-order valence-electron chi connectivity index (χ4n) is 2.88. The van der Waals surface area contributed by atoms with Gasteiger partial charge in [-0.3, -0.25) is 9.59 Å². The van der Waals surface area contributed by atoms with Gasteiger partial charge in [0.05, 0.1) is 5.69 Å². The predicted octanol–water partition coefficient (Wildman–Crippen LogP) is 3.35. The average Bonchev–Trinajstić information content (AvgIpc) is 3.23. The van der Waals surface area contributed by atoms with Crippen LogP contribution in [0.25, 0.3) is 11.4 Å². The Morgan fingerprint density at radius 3 is 2.37 bits per heavy atom. The molecular formula is C22H16FN5O2. The third kappa shape index (κ3) is 4.27. The molecule has 0 spiro atoms. The van der Waals surface area contributed by atoms with Crippen LogP contribution in [-0.2, 0) is 11.3 Å². The van der Waals surface area contributed by atoms with Crippen LogP contribution in [0.4, 0.5) is 10.1 Å². The summed E-state index contributed by atoms with van der Waals surface area (Å²) in [5.74, 6) is -0.688. The smallest absolute Gasteiger partial charge is 0.248 e. The van der Waals surface area contributed by atoms with Crippen LogP contribution in [0.2, 0.25) is 0 Å².